The maximum Gasteiger partial charge on any atom is 0.254 e. The fraction of sp³-hybridized carbons (Fsp3) is 0.222. The van der Waals surface area contributed by atoms with Gasteiger partial charge in [0, 0.05) is 11.3 Å². The van der Waals surface area contributed by atoms with Crippen LogP contribution < -0.4 is 10.9 Å². The molecule has 2 aromatic heterocycles. The minimum absolute atomic E-state index is 0.0828. The molecule has 7 nitrogen and oxygen atoms in total. The van der Waals surface area contributed by atoms with Gasteiger partial charge in [-0.05, 0) is 26.3 Å². The molecule has 0 bridgehead atoms. The predicted octanol–water partition coefficient (Wildman–Crippen LogP) is 3.08. The molecule has 2 heterocycles. The number of H-pyrrole nitrogens is 1. The van der Waals surface area contributed by atoms with Gasteiger partial charge < -0.3 is 9.51 Å². The number of hydrogen-bond donors (Lipinski definition) is 2. The molecule has 1 aromatic carbocycles. The van der Waals surface area contributed by atoms with Crippen molar-refractivity contribution in [2.45, 2.75) is 25.9 Å². The molecule has 8 heteroatoms. The molecule has 0 saturated heterocycles. The molecule has 3 aromatic rings. The lowest BCUT2D eigenvalue weighted by atomic mass is 10.1. The zero-order valence-electron chi connectivity index (χ0n) is 14.6. The largest absolute Gasteiger partial charge is 0.338 e. The average molecular weight is 370 g/mol. The third kappa shape index (κ3) is 4.02. The summed E-state index contributed by atoms with van der Waals surface area (Å²) in [4.78, 5) is 30.9. The molecule has 0 fully saturated rings. The van der Waals surface area contributed by atoms with E-state index in [0.717, 1.165) is 22.9 Å². The SMILES string of the molecule is Cc1ccc(-c2cnoc2NC(=O)CSc2nc(C)c(C)c(=O)[nH]2)cc1. The normalized spacial score (nSPS) is 10.7. The molecule has 0 saturated carbocycles. The first-order valence-corrected chi connectivity index (χ1v) is 8.94. The number of carbonyl (C=O) groups is 1. The lowest BCUT2D eigenvalue weighted by Crippen LogP contribution is -2.17. The fourth-order valence-corrected chi connectivity index (χ4v) is 2.96. The van der Waals surface area contributed by atoms with Crippen LogP contribution in [0.15, 0.2) is 44.9 Å². The van der Waals surface area contributed by atoms with Crippen LogP contribution >= 0.6 is 11.8 Å². The van der Waals surface area contributed by atoms with Gasteiger partial charge in [0.15, 0.2) is 5.16 Å². The topological polar surface area (TPSA) is 101 Å². The van der Waals surface area contributed by atoms with E-state index < -0.39 is 0 Å². The maximum absolute atomic E-state index is 12.2. The van der Waals surface area contributed by atoms with Crippen molar-refractivity contribution >= 4 is 23.6 Å². The monoisotopic (exact) mass is 370 g/mol. The van der Waals surface area contributed by atoms with Crippen molar-refractivity contribution in [2.24, 2.45) is 0 Å². The van der Waals surface area contributed by atoms with E-state index in [1.54, 1.807) is 20.0 Å². The first-order valence-electron chi connectivity index (χ1n) is 7.96. The summed E-state index contributed by atoms with van der Waals surface area (Å²) < 4.78 is 5.16. The lowest BCUT2D eigenvalue weighted by Gasteiger charge is -2.05. The van der Waals surface area contributed by atoms with Crippen LogP contribution in [0.25, 0.3) is 11.1 Å². The van der Waals surface area contributed by atoms with Crippen LogP contribution in [-0.2, 0) is 4.79 Å². The number of aromatic nitrogens is 3. The Morgan fingerprint density at radius 2 is 1.96 bits per heavy atom. The second-order valence-electron chi connectivity index (χ2n) is 5.85. The van der Waals surface area contributed by atoms with E-state index in [-0.39, 0.29) is 17.2 Å². The van der Waals surface area contributed by atoms with Crippen molar-refractivity contribution in [2.75, 3.05) is 11.1 Å². The summed E-state index contributed by atoms with van der Waals surface area (Å²) in [7, 11) is 0. The Morgan fingerprint density at radius 1 is 1.23 bits per heavy atom. The van der Waals surface area contributed by atoms with Crippen LogP contribution in [0, 0.1) is 20.8 Å². The number of benzene rings is 1. The van der Waals surface area contributed by atoms with Crippen molar-refractivity contribution in [1.82, 2.24) is 15.1 Å². The molecule has 2 N–H and O–H groups in total. The Kier molecular flexibility index (Phi) is 5.22. The first kappa shape index (κ1) is 17.9. The minimum atomic E-state index is -0.277. The van der Waals surface area contributed by atoms with Crippen molar-refractivity contribution in [3.05, 3.63) is 57.6 Å². The second-order valence-corrected chi connectivity index (χ2v) is 6.82. The number of rotatable bonds is 5. The average Bonchev–Trinajstić information content (AvgIpc) is 3.06. The molecule has 0 radical (unpaired) electrons. The molecular weight excluding hydrogens is 352 g/mol. The van der Waals surface area contributed by atoms with E-state index >= 15 is 0 Å². The molecule has 1 amide bonds. The third-order valence-electron chi connectivity index (χ3n) is 3.90. The Bertz CT molecular complexity index is 992. The zero-order valence-corrected chi connectivity index (χ0v) is 15.4. The second kappa shape index (κ2) is 7.57. The van der Waals surface area contributed by atoms with E-state index in [4.69, 9.17) is 4.52 Å². The Labute approximate surface area is 154 Å². The van der Waals surface area contributed by atoms with E-state index in [1.165, 1.54) is 0 Å². The van der Waals surface area contributed by atoms with Crippen LogP contribution in [-0.4, -0.2) is 26.8 Å². The Morgan fingerprint density at radius 3 is 2.65 bits per heavy atom. The summed E-state index contributed by atoms with van der Waals surface area (Å²) in [5.74, 6) is 0.0985. The number of carbonyl (C=O) groups excluding carboxylic acids is 1. The van der Waals surface area contributed by atoms with E-state index in [2.05, 4.69) is 20.4 Å². The molecule has 134 valence electrons. The molecule has 26 heavy (non-hydrogen) atoms. The van der Waals surface area contributed by atoms with Gasteiger partial charge in [-0.2, -0.15) is 0 Å². The summed E-state index contributed by atoms with van der Waals surface area (Å²) in [6.45, 7) is 5.47. The highest BCUT2D eigenvalue weighted by atomic mass is 32.2. The lowest BCUT2D eigenvalue weighted by molar-refractivity contribution is -0.113. The van der Waals surface area contributed by atoms with Crippen LogP contribution in [0.4, 0.5) is 5.88 Å². The number of anilines is 1. The first-order chi connectivity index (χ1) is 12.4. The quantitative estimate of drug-likeness (QED) is 0.529. The van der Waals surface area contributed by atoms with Gasteiger partial charge in [-0.3, -0.25) is 14.9 Å². The molecule has 3 rings (SSSR count). The maximum atomic E-state index is 12.2. The van der Waals surface area contributed by atoms with E-state index in [1.807, 2.05) is 31.2 Å². The summed E-state index contributed by atoms with van der Waals surface area (Å²) >= 11 is 1.15. The molecule has 0 aliphatic rings. The van der Waals surface area contributed by atoms with Gasteiger partial charge in [0.1, 0.15) is 0 Å². The van der Waals surface area contributed by atoms with Gasteiger partial charge in [0.05, 0.1) is 17.5 Å². The number of nitrogens with zero attached hydrogens (tertiary/aromatic N) is 2. The van der Waals surface area contributed by atoms with Gasteiger partial charge in [-0.25, -0.2) is 4.98 Å². The highest BCUT2D eigenvalue weighted by Crippen LogP contribution is 2.28. The van der Waals surface area contributed by atoms with Crippen LogP contribution in [0.1, 0.15) is 16.8 Å². The summed E-state index contributed by atoms with van der Waals surface area (Å²) in [5, 5.41) is 6.88. The number of amides is 1. The van der Waals surface area contributed by atoms with Gasteiger partial charge in [0.2, 0.25) is 11.8 Å². The van der Waals surface area contributed by atoms with Crippen molar-refractivity contribution in [1.29, 1.82) is 0 Å². The number of thioether (sulfide) groups is 1. The zero-order chi connectivity index (χ0) is 18.7. The summed E-state index contributed by atoms with van der Waals surface area (Å²) in [6.07, 6.45) is 1.57. The minimum Gasteiger partial charge on any atom is -0.338 e. The number of aryl methyl sites for hydroxylation is 2. The summed E-state index contributed by atoms with van der Waals surface area (Å²) in [6, 6.07) is 7.84. The van der Waals surface area contributed by atoms with Gasteiger partial charge in [-0.15, -0.1) is 0 Å². The standard InChI is InChI=1S/C18H18N4O3S/c1-10-4-6-13(7-5-10)14-8-19-25-17(14)21-15(23)9-26-18-20-12(3)11(2)16(24)22-18/h4-8H,9H2,1-3H3,(H,21,23)(H,20,22,24). The number of aromatic amines is 1. The van der Waals surface area contributed by atoms with Gasteiger partial charge in [0.25, 0.3) is 5.56 Å². The highest BCUT2D eigenvalue weighted by Gasteiger charge is 2.14. The molecular formula is C18H18N4O3S. The van der Waals surface area contributed by atoms with Crippen LogP contribution in [0.5, 0.6) is 0 Å². The molecule has 0 atom stereocenters. The Hall–Kier alpha value is -2.87. The van der Waals surface area contributed by atoms with E-state index in [9.17, 15) is 9.59 Å². The highest BCUT2D eigenvalue weighted by molar-refractivity contribution is 7.99. The smallest absolute Gasteiger partial charge is 0.254 e. The van der Waals surface area contributed by atoms with Crippen LogP contribution in [0.3, 0.4) is 0 Å². The third-order valence-corrected chi connectivity index (χ3v) is 4.77. The molecule has 0 aliphatic carbocycles. The van der Waals surface area contributed by atoms with E-state index in [0.29, 0.717) is 27.9 Å². The molecule has 0 aliphatic heterocycles. The molecule has 0 spiro atoms. The van der Waals surface area contributed by atoms with Gasteiger partial charge in [-0.1, -0.05) is 46.7 Å². The van der Waals surface area contributed by atoms with Crippen LogP contribution in [0.2, 0.25) is 0 Å². The van der Waals surface area contributed by atoms with Crippen molar-refractivity contribution in [3.63, 3.8) is 0 Å². The fourth-order valence-electron chi connectivity index (χ4n) is 2.25. The summed E-state index contributed by atoms with van der Waals surface area (Å²) in [5.41, 5.74) is 3.78. The number of nitrogens with one attached hydrogen (secondary N) is 2. The van der Waals surface area contributed by atoms with Crippen molar-refractivity contribution in [3.8, 4) is 11.1 Å². The van der Waals surface area contributed by atoms with Gasteiger partial charge >= 0.3 is 0 Å². The number of hydrogen-bond acceptors (Lipinski definition) is 6. The molecule has 0 unspecified atom stereocenters. The Balaban J connectivity index is 1.67. The van der Waals surface area contributed by atoms with Crippen molar-refractivity contribution < 1.29 is 9.32 Å². The predicted molar refractivity (Wildman–Crippen MR) is 100 cm³/mol.